The van der Waals surface area contributed by atoms with Crippen LogP contribution in [0.15, 0.2) is 47.9 Å². The normalized spacial score (nSPS) is 11.1. The van der Waals surface area contributed by atoms with Gasteiger partial charge in [-0.1, -0.05) is 12.1 Å². The SMILES string of the molecule is CC(=O)N(c1ccc(C)c(C)c1)c1nc(/C=C/C(=O)c2c(F)cccc2F)cs1. The first-order valence-electron chi connectivity index (χ1n) is 8.78. The van der Waals surface area contributed by atoms with Gasteiger partial charge in [-0.05, 0) is 61.4 Å². The zero-order valence-electron chi connectivity index (χ0n) is 16.1. The van der Waals surface area contributed by atoms with Gasteiger partial charge in [0, 0.05) is 12.3 Å². The number of aromatic nitrogens is 1. The fourth-order valence-electron chi connectivity index (χ4n) is 2.72. The maximum absolute atomic E-state index is 13.7. The topological polar surface area (TPSA) is 50.3 Å². The molecule has 4 nitrogen and oxygen atoms in total. The molecule has 1 aromatic heterocycles. The first kappa shape index (κ1) is 20.5. The van der Waals surface area contributed by atoms with Gasteiger partial charge < -0.3 is 0 Å². The average Bonchev–Trinajstić information content (AvgIpc) is 3.11. The van der Waals surface area contributed by atoms with Crippen molar-refractivity contribution in [2.75, 3.05) is 4.90 Å². The van der Waals surface area contributed by atoms with Crippen molar-refractivity contribution in [2.24, 2.45) is 0 Å². The summed E-state index contributed by atoms with van der Waals surface area (Å²) in [5.41, 5.74) is 2.64. The van der Waals surface area contributed by atoms with Gasteiger partial charge in [-0.3, -0.25) is 14.5 Å². The molecule has 0 atom stereocenters. The van der Waals surface area contributed by atoms with Gasteiger partial charge in [-0.25, -0.2) is 13.8 Å². The molecule has 0 aliphatic carbocycles. The van der Waals surface area contributed by atoms with Gasteiger partial charge in [0.2, 0.25) is 5.91 Å². The van der Waals surface area contributed by atoms with Gasteiger partial charge in [0.05, 0.1) is 16.9 Å². The highest BCUT2D eigenvalue weighted by Crippen LogP contribution is 2.30. The molecule has 0 bridgehead atoms. The number of allylic oxidation sites excluding steroid dienone is 1. The quantitative estimate of drug-likeness (QED) is 0.404. The fourth-order valence-corrected chi connectivity index (χ4v) is 3.58. The lowest BCUT2D eigenvalue weighted by Crippen LogP contribution is -2.22. The third kappa shape index (κ3) is 4.46. The lowest BCUT2D eigenvalue weighted by atomic mass is 10.1. The van der Waals surface area contributed by atoms with Crippen LogP contribution in [-0.4, -0.2) is 16.7 Å². The van der Waals surface area contributed by atoms with Gasteiger partial charge in [0.25, 0.3) is 0 Å². The molecule has 0 fully saturated rings. The van der Waals surface area contributed by atoms with Crippen LogP contribution in [0.4, 0.5) is 19.6 Å². The van der Waals surface area contributed by atoms with E-state index in [0.29, 0.717) is 16.5 Å². The average molecular weight is 412 g/mol. The van der Waals surface area contributed by atoms with Crippen molar-refractivity contribution in [2.45, 2.75) is 20.8 Å². The number of thiazole rings is 1. The van der Waals surface area contributed by atoms with Crippen LogP contribution in [0.3, 0.4) is 0 Å². The number of aryl methyl sites for hydroxylation is 2. The minimum Gasteiger partial charge on any atom is -0.289 e. The van der Waals surface area contributed by atoms with Crippen molar-refractivity contribution in [3.8, 4) is 0 Å². The van der Waals surface area contributed by atoms with E-state index in [0.717, 1.165) is 29.3 Å². The number of rotatable bonds is 5. The molecule has 148 valence electrons. The molecule has 0 N–H and O–H groups in total. The Bertz CT molecular complexity index is 1100. The van der Waals surface area contributed by atoms with Crippen LogP contribution < -0.4 is 4.90 Å². The van der Waals surface area contributed by atoms with E-state index in [9.17, 15) is 18.4 Å². The van der Waals surface area contributed by atoms with Crippen LogP contribution in [0.2, 0.25) is 0 Å². The van der Waals surface area contributed by atoms with E-state index in [1.54, 1.807) is 5.38 Å². The second kappa shape index (κ2) is 8.45. The summed E-state index contributed by atoms with van der Waals surface area (Å²) >= 11 is 1.23. The Labute approximate surface area is 171 Å². The molecule has 7 heteroatoms. The second-order valence-corrected chi connectivity index (χ2v) is 7.31. The minimum atomic E-state index is -0.920. The largest absolute Gasteiger partial charge is 0.289 e. The minimum absolute atomic E-state index is 0.206. The third-order valence-electron chi connectivity index (χ3n) is 4.38. The predicted octanol–water partition coefficient (Wildman–Crippen LogP) is 5.62. The highest BCUT2D eigenvalue weighted by atomic mass is 32.1. The maximum atomic E-state index is 13.7. The fraction of sp³-hybridized carbons (Fsp3) is 0.136. The molecule has 0 aliphatic rings. The number of halogens is 2. The number of carbonyl (C=O) groups is 2. The summed E-state index contributed by atoms with van der Waals surface area (Å²) in [6.45, 7) is 5.39. The number of anilines is 2. The summed E-state index contributed by atoms with van der Waals surface area (Å²) in [4.78, 5) is 30.2. The Morgan fingerprint density at radius 2 is 1.76 bits per heavy atom. The zero-order valence-corrected chi connectivity index (χ0v) is 16.9. The summed E-state index contributed by atoms with van der Waals surface area (Å²) in [6.07, 6.45) is 2.43. The van der Waals surface area contributed by atoms with Crippen molar-refractivity contribution in [3.63, 3.8) is 0 Å². The maximum Gasteiger partial charge on any atom is 0.230 e. The Hall–Kier alpha value is -3.19. The molecule has 0 spiro atoms. The molecule has 29 heavy (non-hydrogen) atoms. The molecule has 0 saturated heterocycles. The number of benzene rings is 2. The van der Waals surface area contributed by atoms with E-state index in [1.807, 2.05) is 32.0 Å². The van der Waals surface area contributed by atoms with Crippen molar-refractivity contribution < 1.29 is 18.4 Å². The molecule has 0 unspecified atom stereocenters. The van der Waals surface area contributed by atoms with E-state index < -0.39 is 23.0 Å². The van der Waals surface area contributed by atoms with Crippen molar-refractivity contribution in [1.82, 2.24) is 4.98 Å². The van der Waals surface area contributed by atoms with Crippen LogP contribution in [-0.2, 0) is 4.79 Å². The lowest BCUT2D eigenvalue weighted by Gasteiger charge is -2.19. The first-order chi connectivity index (χ1) is 13.8. The summed E-state index contributed by atoms with van der Waals surface area (Å²) in [5.74, 6) is -2.84. The predicted molar refractivity (Wildman–Crippen MR) is 111 cm³/mol. The summed E-state index contributed by atoms with van der Waals surface area (Å²) in [5, 5.41) is 2.10. The summed E-state index contributed by atoms with van der Waals surface area (Å²) < 4.78 is 27.4. The Morgan fingerprint density at radius 3 is 2.38 bits per heavy atom. The number of hydrogen-bond acceptors (Lipinski definition) is 4. The van der Waals surface area contributed by atoms with E-state index in [2.05, 4.69) is 4.98 Å². The molecule has 0 aliphatic heterocycles. The molecule has 1 amide bonds. The molecule has 3 aromatic rings. The van der Waals surface area contributed by atoms with Crippen LogP contribution in [0.5, 0.6) is 0 Å². The van der Waals surface area contributed by atoms with Crippen LogP contribution >= 0.6 is 11.3 Å². The van der Waals surface area contributed by atoms with E-state index >= 15 is 0 Å². The van der Waals surface area contributed by atoms with Crippen molar-refractivity contribution in [3.05, 3.63) is 81.9 Å². The van der Waals surface area contributed by atoms with Gasteiger partial charge in [0.1, 0.15) is 11.6 Å². The molecular formula is C22H18F2N2O2S. The highest BCUT2D eigenvalue weighted by Gasteiger charge is 2.18. The van der Waals surface area contributed by atoms with Gasteiger partial charge >= 0.3 is 0 Å². The van der Waals surface area contributed by atoms with Gasteiger partial charge in [0.15, 0.2) is 10.9 Å². The third-order valence-corrected chi connectivity index (χ3v) is 5.22. The standard InChI is InChI=1S/C22H18F2N2O2S/c1-13-7-9-17(11-14(13)2)26(15(3)27)22-25-16(12-29-22)8-10-20(28)21-18(23)5-4-6-19(21)24/h4-12H,1-3H3/b10-8+. The number of carbonyl (C=O) groups excluding carboxylic acids is 2. The van der Waals surface area contributed by atoms with Crippen molar-refractivity contribution in [1.29, 1.82) is 0 Å². The van der Waals surface area contributed by atoms with Crippen LogP contribution in [0.25, 0.3) is 6.08 Å². The first-order valence-corrected chi connectivity index (χ1v) is 9.66. The summed E-state index contributed by atoms with van der Waals surface area (Å²) in [6, 6.07) is 8.92. The second-order valence-electron chi connectivity index (χ2n) is 6.47. The van der Waals surface area contributed by atoms with Crippen LogP contribution in [0, 0.1) is 25.5 Å². The molecule has 0 radical (unpaired) electrons. The molecule has 3 rings (SSSR count). The number of amides is 1. The molecular weight excluding hydrogens is 394 g/mol. The monoisotopic (exact) mass is 412 g/mol. The van der Waals surface area contributed by atoms with Gasteiger partial charge in [-0.15, -0.1) is 11.3 Å². The van der Waals surface area contributed by atoms with Crippen molar-refractivity contribution >= 4 is 39.9 Å². The highest BCUT2D eigenvalue weighted by molar-refractivity contribution is 7.14. The smallest absolute Gasteiger partial charge is 0.230 e. The lowest BCUT2D eigenvalue weighted by molar-refractivity contribution is -0.115. The Kier molecular flexibility index (Phi) is 5.98. The molecule has 2 aromatic carbocycles. The molecule has 0 saturated carbocycles. The van der Waals surface area contributed by atoms with E-state index in [1.165, 1.54) is 35.3 Å². The van der Waals surface area contributed by atoms with E-state index in [-0.39, 0.29) is 5.91 Å². The van der Waals surface area contributed by atoms with E-state index in [4.69, 9.17) is 0 Å². The molecule has 1 heterocycles. The Morgan fingerprint density at radius 1 is 1.07 bits per heavy atom. The summed E-state index contributed by atoms with van der Waals surface area (Å²) in [7, 11) is 0. The number of ketones is 1. The van der Waals surface area contributed by atoms with Gasteiger partial charge in [-0.2, -0.15) is 0 Å². The van der Waals surface area contributed by atoms with Crippen LogP contribution in [0.1, 0.15) is 34.1 Å². The Balaban J connectivity index is 1.87. The zero-order chi connectivity index (χ0) is 21.1. The number of nitrogens with zero attached hydrogens (tertiary/aromatic N) is 2. The number of hydrogen-bond donors (Lipinski definition) is 0.